The van der Waals surface area contributed by atoms with Crippen LogP contribution in [0.4, 0.5) is 0 Å². The van der Waals surface area contributed by atoms with Crippen molar-refractivity contribution in [3.05, 3.63) is 64.9 Å². The van der Waals surface area contributed by atoms with Gasteiger partial charge in [-0.1, -0.05) is 29.3 Å². The van der Waals surface area contributed by atoms with Crippen molar-refractivity contribution < 1.29 is 9.59 Å². The Morgan fingerprint density at radius 3 is 2.50 bits per heavy atom. The highest BCUT2D eigenvalue weighted by Gasteiger charge is 2.22. The summed E-state index contributed by atoms with van der Waals surface area (Å²) in [5.41, 5.74) is 3.51. The second-order valence-electron chi connectivity index (χ2n) is 7.19. The number of rotatable bonds is 5. The van der Waals surface area contributed by atoms with E-state index < -0.39 is 0 Å². The molecule has 8 heteroatoms. The Kier molecular flexibility index (Phi) is 9.91. The number of hydrogen-bond donors (Lipinski definition) is 1. The number of carbonyl (C=O) groups excluding carboxylic acids is 2. The number of hydrogen-bond acceptors (Lipinski definition) is 4. The van der Waals surface area contributed by atoms with Crippen molar-refractivity contribution in [3.8, 4) is 11.3 Å². The van der Waals surface area contributed by atoms with E-state index in [0.29, 0.717) is 21.8 Å². The number of amides is 1. The average Bonchev–Trinajstić information content (AvgIpc) is 3.00. The minimum atomic E-state index is 0.286. The number of benzene rings is 1. The fraction of sp³-hybridized carbons (Fsp3) is 0.292. The monoisotopic (exact) mass is 474 g/mol. The van der Waals surface area contributed by atoms with Gasteiger partial charge in [0.15, 0.2) is 0 Å². The Hall–Kier alpha value is -2.67. The summed E-state index contributed by atoms with van der Waals surface area (Å²) >= 11 is 12.4. The molecule has 1 aliphatic heterocycles. The van der Waals surface area contributed by atoms with Crippen LogP contribution < -0.4 is 5.32 Å². The van der Waals surface area contributed by atoms with E-state index in [4.69, 9.17) is 23.2 Å². The molecule has 170 valence electrons. The number of fused-ring (bicyclic) bond motifs is 1. The lowest BCUT2D eigenvalue weighted by molar-refractivity contribution is -0.122. The summed E-state index contributed by atoms with van der Waals surface area (Å²) in [6, 6.07) is 9.74. The molecule has 1 aromatic carbocycles. The van der Waals surface area contributed by atoms with Crippen molar-refractivity contribution >= 4 is 46.8 Å². The smallest absolute Gasteiger partial charge is 0.209 e. The summed E-state index contributed by atoms with van der Waals surface area (Å²) < 4.78 is 1.94. The summed E-state index contributed by atoms with van der Waals surface area (Å²) in [6.07, 6.45) is 5.22. The molecule has 0 saturated carbocycles. The highest BCUT2D eigenvalue weighted by Crippen LogP contribution is 2.37. The van der Waals surface area contributed by atoms with Crippen LogP contribution in [-0.4, -0.2) is 53.3 Å². The van der Waals surface area contributed by atoms with Gasteiger partial charge in [-0.05, 0) is 51.2 Å². The van der Waals surface area contributed by atoms with Crippen LogP contribution >= 0.6 is 23.2 Å². The van der Waals surface area contributed by atoms with Gasteiger partial charge in [0.1, 0.15) is 6.29 Å². The lowest BCUT2D eigenvalue weighted by Crippen LogP contribution is -2.56. The minimum Gasteiger partial charge on any atom is -0.342 e. The molecule has 0 aliphatic carbocycles. The van der Waals surface area contributed by atoms with E-state index >= 15 is 0 Å². The van der Waals surface area contributed by atoms with Crippen molar-refractivity contribution in [1.29, 1.82) is 0 Å². The van der Waals surface area contributed by atoms with Crippen LogP contribution in [0.3, 0.4) is 0 Å². The first-order valence-electron chi connectivity index (χ1n) is 10.2. The second-order valence-corrected chi connectivity index (χ2v) is 8.03. The van der Waals surface area contributed by atoms with Gasteiger partial charge in [-0.25, -0.2) is 0 Å². The summed E-state index contributed by atoms with van der Waals surface area (Å²) in [5.74, 6) is 0. The molecule has 1 amide bonds. The van der Waals surface area contributed by atoms with Gasteiger partial charge in [-0.3, -0.25) is 9.78 Å². The number of aldehydes is 1. The van der Waals surface area contributed by atoms with Crippen LogP contribution in [0.5, 0.6) is 0 Å². The van der Waals surface area contributed by atoms with Crippen molar-refractivity contribution in [2.45, 2.75) is 26.4 Å². The van der Waals surface area contributed by atoms with E-state index in [2.05, 4.69) is 16.9 Å². The number of pyridine rings is 1. The number of nitrogens with zero attached hydrogens (tertiary/aromatic N) is 3. The number of halogens is 2. The molecule has 0 bridgehead atoms. The number of carbonyl (C=O) groups is 2. The molecule has 0 spiro atoms. The minimum absolute atomic E-state index is 0.286. The molecule has 1 fully saturated rings. The standard InChI is InChI=1S/C16H12Cl2N2O.C5H10N2O.C3H6/c1-10-15(16-13(18)3-2-6-19-16)12-9-11(17)4-5-14(12)20(10)7-8-21;1-6-5-2-7(3-5)4-8;1-3-2/h2-6,8-9H,7H2,1H3;4-6H,2-3H2,1H3;3H,1H2,2H3. The van der Waals surface area contributed by atoms with Crippen molar-refractivity contribution in [3.63, 3.8) is 0 Å². The molecule has 4 rings (SSSR count). The van der Waals surface area contributed by atoms with Gasteiger partial charge in [0, 0.05) is 52.5 Å². The zero-order valence-corrected chi connectivity index (χ0v) is 20.0. The topological polar surface area (TPSA) is 67.2 Å². The summed E-state index contributed by atoms with van der Waals surface area (Å²) in [6.45, 7) is 9.24. The van der Waals surface area contributed by atoms with Gasteiger partial charge in [-0.15, -0.1) is 6.58 Å². The highest BCUT2D eigenvalue weighted by molar-refractivity contribution is 6.34. The molecular weight excluding hydrogens is 447 g/mol. The number of allylic oxidation sites excluding steroid dienone is 1. The summed E-state index contributed by atoms with van der Waals surface area (Å²) in [4.78, 5) is 27.0. The molecule has 1 N–H and O–H groups in total. The second kappa shape index (κ2) is 12.4. The fourth-order valence-electron chi connectivity index (χ4n) is 3.41. The van der Waals surface area contributed by atoms with Crippen molar-refractivity contribution in [1.82, 2.24) is 19.8 Å². The maximum atomic E-state index is 11.0. The average molecular weight is 475 g/mol. The van der Waals surface area contributed by atoms with Gasteiger partial charge in [0.25, 0.3) is 0 Å². The maximum Gasteiger partial charge on any atom is 0.209 e. The van der Waals surface area contributed by atoms with E-state index in [9.17, 15) is 9.59 Å². The first-order valence-corrected chi connectivity index (χ1v) is 10.9. The van der Waals surface area contributed by atoms with E-state index in [0.717, 1.165) is 47.9 Å². The molecule has 32 heavy (non-hydrogen) atoms. The van der Waals surface area contributed by atoms with Crippen LogP contribution in [0, 0.1) is 6.92 Å². The lowest BCUT2D eigenvalue weighted by atomic mass is 10.1. The number of likely N-dealkylation sites (N-methyl/N-ethyl adjacent to an activating group) is 1. The van der Waals surface area contributed by atoms with Gasteiger partial charge < -0.3 is 19.6 Å². The highest BCUT2D eigenvalue weighted by atomic mass is 35.5. The Balaban J connectivity index is 0.000000274. The molecule has 1 saturated heterocycles. The lowest BCUT2D eigenvalue weighted by Gasteiger charge is -2.35. The van der Waals surface area contributed by atoms with Gasteiger partial charge in [0.2, 0.25) is 6.41 Å². The first kappa shape index (κ1) is 25.6. The van der Waals surface area contributed by atoms with Crippen LogP contribution in [0.15, 0.2) is 49.2 Å². The third-order valence-corrected chi connectivity index (χ3v) is 5.55. The van der Waals surface area contributed by atoms with E-state index in [1.54, 1.807) is 29.3 Å². The molecule has 0 radical (unpaired) electrons. The molecule has 3 aromatic rings. The van der Waals surface area contributed by atoms with Crippen molar-refractivity contribution in [2.75, 3.05) is 20.1 Å². The van der Waals surface area contributed by atoms with E-state index in [1.165, 1.54) is 0 Å². The molecular formula is C24H28Cl2N4O2. The Bertz CT molecular complexity index is 1080. The van der Waals surface area contributed by atoms with Crippen LogP contribution in [0.1, 0.15) is 12.6 Å². The Labute approximate surface area is 198 Å². The number of likely N-dealkylation sites (tertiary alicyclic amines) is 1. The predicted molar refractivity (Wildman–Crippen MR) is 132 cm³/mol. The van der Waals surface area contributed by atoms with E-state index in [1.807, 2.05) is 43.7 Å². The quantitative estimate of drug-likeness (QED) is 0.427. The first-order chi connectivity index (χ1) is 15.4. The maximum absolute atomic E-state index is 11.0. The van der Waals surface area contributed by atoms with Gasteiger partial charge in [-0.2, -0.15) is 0 Å². The van der Waals surface area contributed by atoms with Crippen LogP contribution in [0.2, 0.25) is 10.0 Å². The van der Waals surface area contributed by atoms with Gasteiger partial charge in [0.05, 0.1) is 17.3 Å². The zero-order chi connectivity index (χ0) is 23.7. The van der Waals surface area contributed by atoms with Crippen LogP contribution in [0.25, 0.3) is 22.2 Å². The predicted octanol–water partition coefficient (Wildman–Crippen LogP) is 4.76. The Morgan fingerprint density at radius 1 is 1.25 bits per heavy atom. The van der Waals surface area contributed by atoms with Crippen LogP contribution in [-0.2, 0) is 16.1 Å². The SMILES string of the molecule is C=CC.CNC1CN(C=O)C1.Cc1c(-c2ncccc2Cl)c2cc(Cl)ccc2n1CC=O. The summed E-state index contributed by atoms with van der Waals surface area (Å²) in [5, 5.41) is 5.22. The van der Waals surface area contributed by atoms with Gasteiger partial charge >= 0.3 is 0 Å². The third kappa shape index (κ3) is 5.97. The molecule has 6 nitrogen and oxygen atoms in total. The Morgan fingerprint density at radius 2 is 1.94 bits per heavy atom. The third-order valence-electron chi connectivity index (χ3n) is 5.00. The van der Waals surface area contributed by atoms with Crippen molar-refractivity contribution in [2.24, 2.45) is 0 Å². The number of nitrogens with one attached hydrogen (secondary N) is 1. The normalized spacial score (nSPS) is 12.7. The molecule has 3 heterocycles. The van der Waals surface area contributed by atoms with E-state index in [-0.39, 0.29) is 6.54 Å². The zero-order valence-electron chi connectivity index (χ0n) is 18.5. The molecule has 1 aliphatic rings. The fourth-order valence-corrected chi connectivity index (χ4v) is 3.80. The number of aromatic nitrogens is 2. The molecule has 0 atom stereocenters. The summed E-state index contributed by atoms with van der Waals surface area (Å²) in [7, 11) is 1.91. The largest absolute Gasteiger partial charge is 0.342 e. The molecule has 0 unspecified atom stereocenters. The molecule has 2 aromatic heterocycles.